The van der Waals surface area contributed by atoms with Crippen molar-refractivity contribution < 1.29 is 9.13 Å². The minimum absolute atomic E-state index is 0.242. The molecule has 4 aromatic rings. The van der Waals surface area contributed by atoms with Crippen LogP contribution in [-0.4, -0.2) is 9.97 Å². The number of benzene rings is 2. The number of nitrogens with zero attached hydrogens (tertiary/aromatic N) is 2. The van der Waals surface area contributed by atoms with Gasteiger partial charge in [0.15, 0.2) is 5.82 Å². The molecule has 0 amide bonds. The standard InChI is InChI=1S/C21H17ClFN3OS/c1-2-16-10-18-20(28-16)21(25-12-24-18)26-15-6-7-19(17(22)9-15)27-11-13-4-3-5-14(23)8-13/h3-10,12H,2,11H2,1H3,(H,24,25,26). The zero-order chi connectivity index (χ0) is 19.5. The lowest BCUT2D eigenvalue weighted by molar-refractivity contribution is 0.306. The Morgan fingerprint density at radius 3 is 2.82 bits per heavy atom. The lowest BCUT2D eigenvalue weighted by atomic mass is 10.2. The minimum atomic E-state index is -0.289. The van der Waals surface area contributed by atoms with Gasteiger partial charge < -0.3 is 10.1 Å². The van der Waals surface area contributed by atoms with Gasteiger partial charge in [-0.2, -0.15) is 0 Å². The Kier molecular flexibility index (Phi) is 5.41. The first-order chi connectivity index (χ1) is 13.6. The van der Waals surface area contributed by atoms with Crippen LogP contribution in [0.5, 0.6) is 5.75 Å². The zero-order valence-corrected chi connectivity index (χ0v) is 16.6. The summed E-state index contributed by atoms with van der Waals surface area (Å²) < 4.78 is 20.0. The van der Waals surface area contributed by atoms with E-state index >= 15 is 0 Å². The predicted molar refractivity (Wildman–Crippen MR) is 112 cm³/mol. The van der Waals surface area contributed by atoms with Crippen molar-refractivity contribution in [3.05, 3.63) is 76.1 Å². The highest BCUT2D eigenvalue weighted by molar-refractivity contribution is 7.19. The summed E-state index contributed by atoms with van der Waals surface area (Å²) in [6.45, 7) is 2.36. The summed E-state index contributed by atoms with van der Waals surface area (Å²) in [7, 11) is 0. The number of fused-ring (bicyclic) bond motifs is 1. The number of anilines is 2. The van der Waals surface area contributed by atoms with E-state index in [4.69, 9.17) is 16.3 Å². The molecule has 0 unspecified atom stereocenters. The zero-order valence-electron chi connectivity index (χ0n) is 15.1. The summed E-state index contributed by atoms with van der Waals surface area (Å²) in [4.78, 5) is 9.96. The molecule has 0 atom stereocenters. The Bertz CT molecular complexity index is 1130. The monoisotopic (exact) mass is 413 g/mol. The maximum absolute atomic E-state index is 13.3. The van der Waals surface area contributed by atoms with Crippen LogP contribution in [0.4, 0.5) is 15.9 Å². The Morgan fingerprint density at radius 1 is 1.14 bits per heavy atom. The number of aromatic nitrogens is 2. The second kappa shape index (κ2) is 8.12. The van der Waals surface area contributed by atoms with Gasteiger partial charge in [-0.25, -0.2) is 14.4 Å². The lowest BCUT2D eigenvalue weighted by Crippen LogP contribution is -1.98. The molecule has 0 aliphatic carbocycles. The van der Waals surface area contributed by atoms with Crippen LogP contribution in [0, 0.1) is 5.82 Å². The highest BCUT2D eigenvalue weighted by Gasteiger charge is 2.10. The van der Waals surface area contributed by atoms with E-state index in [0.717, 1.165) is 33.7 Å². The van der Waals surface area contributed by atoms with Gasteiger partial charge in [0, 0.05) is 10.6 Å². The van der Waals surface area contributed by atoms with Crippen LogP contribution in [0.3, 0.4) is 0 Å². The van der Waals surface area contributed by atoms with Gasteiger partial charge in [0.05, 0.1) is 15.2 Å². The van der Waals surface area contributed by atoms with Gasteiger partial charge in [-0.15, -0.1) is 11.3 Å². The second-order valence-corrected chi connectivity index (χ2v) is 7.74. The van der Waals surface area contributed by atoms with Gasteiger partial charge in [-0.1, -0.05) is 30.7 Å². The fourth-order valence-electron chi connectivity index (χ4n) is 2.79. The molecule has 0 spiro atoms. The molecule has 2 heterocycles. The van der Waals surface area contributed by atoms with Gasteiger partial charge >= 0.3 is 0 Å². The average molecular weight is 414 g/mol. The van der Waals surface area contributed by atoms with E-state index in [-0.39, 0.29) is 12.4 Å². The summed E-state index contributed by atoms with van der Waals surface area (Å²) >= 11 is 8.05. The van der Waals surface area contributed by atoms with Gasteiger partial charge in [0.2, 0.25) is 0 Å². The molecule has 0 saturated heterocycles. The first-order valence-electron chi connectivity index (χ1n) is 8.79. The van der Waals surface area contributed by atoms with Crippen molar-refractivity contribution in [2.45, 2.75) is 20.0 Å². The smallest absolute Gasteiger partial charge is 0.151 e. The molecule has 4 rings (SSSR count). The van der Waals surface area contributed by atoms with Gasteiger partial charge in [-0.05, 0) is 48.4 Å². The molecular weight excluding hydrogens is 397 g/mol. The number of hydrogen-bond acceptors (Lipinski definition) is 5. The third-order valence-electron chi connectivity index (χ3n) is 4.19. The predicted octanol–water partition coefficient (Wildman–Crippen LogP) is 6.37. The van der Waals surface area contributed by atoms with E-state index in [2.05, 4.69) is 28.3 Å². The van der Waals surface area contributed by atoms with Crippen LogP contribution in [0.2, 0.25) is 5.02 Å². The van der Waals surface area contributed by atoms with E-state index in [9.17, 15) is 4.39 Å². The molecule has 4 nitrogen and oxygen atoms in total. The first kappa shape index (κ1) is 18.7. The fraction of sp³-hybridized carbons (Fsp3) is 0.143. The van der Waals surface area contributed by atoms with Crippen LogP contribution in [0.15, 0.2) is 54.9 Å². The fourth-order valence-corrected chi connectivity index (χ4v) is 4.02. The van der Waals surface area contributed by atoms with Crippen molar-refractivity contribution in [3.63, 3.8) is 0 Å². The number of nitrogens with one attached hydrogen (secondary N) is 1. The molecule has 0 aliphatic heterocycles. The number of ether oxygens (including phenoxy) is 1. The van der Waals surface area contributed by atoms with E-state index in [1.807, 2.05) is 6.07 Å². The van der Waals surface area contributed by atoms with Gasteiger partial charge in [0.25, 0.3) is 0 Å². The summed E-state index contributed by atoms with van der Waals surface area (Å²) in [6.07, 6.45) is 2.51. The Morgan fingerprint density at radius 2 is 2.04 bits per heavy atom. The van der Waals surface area contributed by atoms with Crippen molar-refractivity contribution in [1.29, 1.82) is 0 Å². The molecule has 0 saturated carbocycles. The van der Waals surface area contributed by atoms with Gasteiger partial charge in [-0.3, -0.25) is 0 Å². The molecule has 2 aromatic carbocycles. The molecule has 0 aliphatic rings. The highest BCUT2D eigenvalue weighted by Crippen LogP contribution is 2.33. The molecule has 142 valence electrons. The summed E-state index contributed by atoms with van der Waals surface area (Å²) in [5.74, 6) is 0.996. The van der Waals surface area contributed by atoms with Crippen LogP contribution in [0.25, 0.3) is 10.2 Å². The van der Waals surface area contributed by atoms with Crippen LogP contribution >= 0.6 is 22.9 Å². The summed E-state index contributed by atoms with van der Waals surface area (Å²) in [6, 6.07) is 13.8. The molecule has 2 aromatic heterocycles. The number of halogens is 2. The Balaban J connectivity index is 1.51. The summed E-state index contributed by atoms with van der Waals surface area (Å²) in [5.41, 5.74) is 2.47. The van der Waals surface area contributed by atoms with Crippen molar-refractivity contribution >= 4 is 44.7 Å². The summed E-state index contributed by atoms with van der Waals surface area (Å²) in [5, 5.41) is 3.77. The largest absolute Gasteiger partial charge is 0.487 e. The molecule has 7 heteroatoms. The molecule has 28 heavy (non-hydrogen) atoms. The van der Waals surface area contributed by atoms with Gasteiger partial charge in [0.1, 0.15) is 24.5 Å². The van der Waals surface area contributed by atoms with Crippen LogP contribution in [-0.2, 0) is 13.0 Å². The quantitative estimate of drug-likeness (QED) is 0.399. The average Bonchev–Trinajstić information content (AvgIpc) is 3.12. The number of aryl methyl sites for hydroxylation is 1. The maximum Gasteiger partial charge on any atom is 0.151 e. The lowest BCUT2D eigenvalue weighted by Gasteiger charge is -2.11. The van der Waals surface area contributed by atoms with Crippen molar-refractivity contribution in [1.82, 2.24) is 9.97 Å². The SMILES string of the molecule is CCc1cc2ncnc(Nc3ccc(OCc4cccc(F)c4)c(Cl)c3)c2s1. The number of hydrogen-bond donors (Lipinski definition) is 1. The third-order valence-corrected chi connectivity index (χ3v) is 5.76. The normalized spacial score (nSPS) is 11.0. The maximum atomic E-state index is 13.3. The number of thiophene rings is 1. The van der Waals surface area contributed by atoms with E-state index in [1.54, 1.807) is 41.9 Å². The third kappa shape index (κ3) is 4.08. The second-order valence-electron chi connectivity index (χ2n) is 6.19. The number of rotatable bonds is 6. The van der Waals surface area contributed by atoms with Crippen molar-refractivity contribution in [2.24, 2.45) is 0 Å². The minimum Gasteiger partial charge on any atom is -0.487 e. The molecule has 0 fully saturated rings. The van der Waals surface area contributed by atoms with E-state index in [0.29, 0.717) is 10.8 Å². The first-order valence-corrected chi connectivity index (χ1v) is 9.99. The van der Waals surface area contributed by atoms with Crippen LogP contribution in [0.1, 0.15) is 17.4 Å². The topological polar surface area (TPSA) is 47.0 Å². The molecular formula is C21H17ClFN3OS. The van der Waals surface area contributed by atoms with Crippen LogP contribution < -0.4 is 10.1 Å². The highest BCUT2D eigenvalue weighted by atomic mass is 35.5. The molecule has 0 radical (unpaired) electrons. The van der Waals surface area contributed by atoms with Crippen molar-refractivity contribution in [2.75, 3.05) is 5.32 Å². The molecule has 0 bridgehead atoms. The Hall–Kier alpha value is -2.70. The van der Waals surface area contributed by atoms with Crippen molar-refractivity contribution in [3.8, 4) is 5.75 Å². The van der Waals surface area contributed by atoms with E-state index in [1.165, 1.54) is 17.0 Å². The van der Waals surface area contributed by atoms with E-state index < -0.39 is 0 Å². The Labute approximate surface area is 171 Å². The molecule has 1 N–H and O–H groups in total.